The molecule has 0 saturated carbocycles. The van der Waals surface area contributed by atoms with Crippen molar-refractivity contribution >= 4 is 33.6 Å². The first-order chi connectivity index (χ1) is 26.9. The van der Waals surface area contributed by atoms with Gasteiger partial charge in [-0.1, -0.05) is 33.8 Å². The second-order valence-corrected chi connectivity index (χ2v) is 17.3. The molecule has 7 heterocycles. The highest BCUT2D eigenvalue weighted by molar-refractivity contribution is 6.02. The molecule has 298 valence electrons. The van der Waals surface area contributed by atoms with Crippen molar-refractivity contribution in [2.45, 2.75) is 102 Å². The van der Waals surface area contributed by atoms with Crippen LogP contribution in [0.25, 0.3) is 32.9 Å². The number of aromatic nitrogens is 3. The molecule has 2 aromatic carbocycles. The number of nitrogens with zero attached hydrogens (tertiary/aromatic N) is 6. The van der Waals surface area contributed by atoms with Crippen molar-refractivity contribution < 1.29 is 37.6 Å². The van der Waals surface area contributed by atoms with Crippen molar-refractivity contribution in [1.82, 2.24) is 24.8 Å². The molecule has 56 heavy (non-hydrogen) atoms. The fourth-order valence-corrected chi connectivity index (χ4v) is 10.9. The third kappa shape index (κ3) is 5.68. The molecule has 0 radical (unpaired) electrons. The Labute approximate surface area is 325 Å². The first-order valence-electron chi connectivity index (χ1n) is 19.9. The van der Waals surface area contributed by atoms with Crippen molar-refractivity contribution in [1.29, 1.82) is 0 Å². The lowest BCUT2D eigenvalue weighted by Crippen LogP contribution is -2.68. The molecule has 1 amide bonds. The zero-order valence-corrected chi connectivity index (χ0v) is 32.7. The molecule has 12 nitrogen and oxygen atoms in total. The summed E-state index contributed by atoms with van der Waals surface area (Å²) in [5.41, 5.74) is -0.524. The van der Waals surface area contributed by atoms with Gasteiger partial charge in [0.2, 0.25) is 0 Å². The summed E-state index contributed by atoms with van der Waals surface area (Å²) in [6, 6.07) is 6.65. The predicted molar refractivity (Wildman–Crippen MR) is 206 cm³/mol. The fourth-order valence-electron chi connectivity index (χ4n) is 10.9. The van der Waals surface area contributed by atoms with Gasteiger partial charge >= 0.3 is 12.1 Å². The second kappa shape index (κ2) is 13.6. The minimum Gasteiger partial charge on any atom is -0.468 e. The summed E-state index contributed by atoms with van der Waals surface area (Å²) in [6.45, 7) is 10.9. The number of hydrogen-bond donors (Lipinski definition) is 1. The van der Waals surface area contributed by atoms with E-state index in [-0.39, 0.29) is 41.7 Å². The highest BCUT2D eigenvalue weighted by Crippen LogP contribution is 2.51. The number of piperazine rings is 1. The van der Waals surface area contributed by atoms with E-state index in [1.807, 2.05) is 6.92 Å². The Morgan fingerprint density at radius 1 is 1.12 bits per heavy atom. The Hall–Kier alpha value is -4.40. The van der Waals surface area contributed by atoms with Crippen LogP contribution in [-0.2, 0) is 15.9 Å². The van der Waals surface area contributed by atoms with Crippen LogP contribution in [0.5, 0.6) is 11.8 Å². The zero-order chi connectivity index (χ0) is 39.1. The lowest BCUT2D eigenvalue weighted by Gasteiger charge is -2.54. The molecule has 4 aromatic rings. The van der Waals surface area contributed by atoms with E-state index in [0.29, 0.717) is 83.9 Å². The lowest BCUT2D eigenvalue weighted by atomic mass is 9.71. The summed E-state index contributed by atoms with van der Waals surface area (Å²) < 4.78 is 56.6. The van der Waals surface area contributed by atoms with Crippen LogP contribution in [0.2, 0.25) is 0 Å². The predicted octanol–water partition coefficient (Wildman–Crippen LogP) is 7.19. The standard InChI is InChI=1S/C42H50F2N6O6/c1-6-27-30(43)9-8-24-16-26(56-23-53-5)17-28(33(24)27)35-34(44)36-29(19-45-35)37(48-20-25-10-13-42(21-48,40(2,3)4)50(25)39(51)52)47-38(46-36)55-22-41-12-7-14-49(41)31-11-15-54-32(31)18-41/h8-9,16-17,19,25,31-32H,6-7,10-15,18,20-23H2,1-5H3,(H,51,52)/t25-,31?,32?,41?,42-/m0/s1. The number of aryl methyl sites for hydroxylation is 1. The monoisotopic (exact) mass is 772 g/mol. The van der Waals surface area contributed by atoms with E-state index in [1.165, 1.54) is 13.2 Å². The van der Waals surface area contributed by atoms with Gasteiger partial charge in [-0.25, -0.2) is 13.6 Å². The number of benzene rings is 2. The number of anilines is 1. The summed E-state index contributed by atoms with van der Waals surface area (Å²) in [5.74, 6) is -0.225. The number of halogens is 2. The van der Waals surface area contributed by atoms with Crippen LogP contribution < -0.4 is 14.4 Å². The quantitative estimate of drug-likeness (QED) is 0.174. The maximum Gasteiger partial charge on any atom is 0.408 e. The number of carboxylic acid groups (broad SMARTS) is 1. The molecular formula is C42H50F2N6O6. The van der Waals surface area contributed by atoms with Gasteiger partial charge in [0, 0.05) is 44.6 Å². The van der Waals surface area contributed by atoms with Gasteiger partial charge in [-0.3, -0.25) is 14.8 Å². The van der Waals surface area contributed by atoms with E-state index < -0.39 is 28.7 Å². The molecular weight excluding hydrogens is 722 g/mol. The van der Waals surface area contributed by atoms with Gasteiger partial charge in [0.15, 0.2) is 12.6 Å². The Kier molecular flexibility index (Phi) is 9.05. The maximum atomic E-state index is 17.5. The van der Waals surface area contributed by atoms with Crippen molar-refractivity contribution in [3.63, 3.8) is 0 Å². The first-order valence-corrected chi connectivity index (χ1v) is 19.9. The molecule has 2 aromatic heterocycles. The molecule has 5 atom stereocenters. The maximum absolute atomic E-state index is 17.5. The average molecular weight is 773 g/mol. The molecule has 5 saturated heterocycles. The van der Waals surface area contributed by atoms with E-state index in [4.69, 9.17) is 33.9 Å². The van der Waals surface area contributed by atoms with Crippen molar-refractivity contribution in [3.05, 3.63) is 47.7 Å². The molecule has 0 spiro atoms. The Morgan fingerprint density at radius 2 is 1.96 bits per heavy atom. The molecule has 0 aliphatic carbocycles. The smallest absolute Gasteiger partial charge is 0.408 e. The number of hydrogen-bond acceptors (Lipinski definition) is 10. The largest absolute Gasteiger partial charge is 0.468 e. The number of pyridine rings is 1. The summed E-state index contributed by atoms with van der Waals surface area (Å²) in [5, 5.41) is 12.0. The summed E-state index contributed by atoms with van der Waals surface area (Å²) >= 11 is 0. The summed E-state index contributed by atoms with van der Waals surface area (Å²) in [6.07, 6.45) is 6.47. The van der Waals surface area contributed by atoms with E-state index in [0.717, 1.165) is 38.8 Å². The van der Waals surface area contributed by atoms with Gasteiger partial charge in [0.05, 0.1) is 28.6 Å². The Balaban J connectivity index is 1.20. The third-order valence-corrected chi connectivity index (χ3v) is 13.5. The van der Waals surface area contributed by atoms with E-state index in [1.54, 1.807) is 29.3 Å². The number of fused-ring (bicyclic) bond motifs is 7. The first kappa shape index (κ1) is 37.2. The molecule has 3 unspecified atom stereocenters. The molecule has 5 aliphatic rings. The molecule has 2 bridgehead atoms. The number of amides is 1. The normalized spacial score (nSPS) is 27.4. The molecule has 5 aliphatic heterocycles. The van der Waals surface area contributed by atoms with Crippen molar-refractivity contribution in [2.75, 3.05) is 51.7 Å². The average Bonchev–Trinajstić information content (AvgIpc) is 3.92. The van der Waals surface area contributed by atoms with E-state index in [2.05, 4.69) is 30.6 Å². The number of carbonyl (C=O) groups is 1. The van der Waals surface area contributed by atoms with Crippen LogP contribution in [0.15, 0.2) is 30.5 Å². The molecule has 9 rings (SSSR count). The topological polar surface area (TPSA) is 123 Å². The number of ether oxygens (including phenoxy) is 4. The van der Waals surface area contributed by atoms with E-state index in [9.17, 15) is 9.90 Å². The summed E-state index contributed by atoms with van der Waals surface area (Å²) in [7, 11) is 1.51. The van der Waals surface area contributed by atoms with Crippen LogP contribution in [0, 0.1) is 17.0 Å². The van der Waals surface area contributed by atoms with Gasteiger partial charge in [0.25, 0.3) is 0 Å². The highest BCUT2D eigenvalue weighted by atomic mass is 19.1. The van der Waals surface area contributed by atoms with Gasteiger partial charge in [-0.15, -0.1) is 0 Å². The van der Waals surface area contributed by atoms with Crippen LogP contribution in [0.1, 0.15) is 71.8 Å². The SMILES string of the molecule is CCc1c(F)ccc2cc(OCOC)cc(-c3ncc4c(N5C[C@@H]6CC[C@@](C(C)(C)C)(C5)N6C(=O)O)nc(OCC56CCCN5C5CCOC5C6)nc4c3F)c12. The lowest BCUT2D eigenvalue weighted by molar-refractivity contribution is 0.00527. The van der Waals surface area contributed by atoms with Gasteiger partial charge in [0.1, 0.15) is 35.2 Å². The van der Waals surface area contributed by atoms with E-state index >= 15 is 8.78 Å². The minimum absolute atomic E-state index is 0.00970. The van der Waals surface area contributed by atoms with Crippen molar-refractivity contribution in [3.8, 4) is 23.0 Å². The molecule has 5 fully saturated rings. The molecule has 1 N–H and O–H groups in total. The fraction of sp³-hybridized carbons (Fsp3) is 0.571. The van der Waals surface area contributed by atoms with Gasteiger partial charge < -0.3 is 29.0 Å². The van der Waals surface area contributed by atoms with Crippen LogP contribution in [0.3, 0.4) is 0 Å². The minimum atomic E-state index is -0.937. The second-order valence-electron chi connectivity index (χ2n) is 17.3. The van der Waals surface area contributed by atoms with Crippen LogP contribution >= 0.6 is 0 Å². The summed E-state index contributed by atoms with van der Waals surface area (Å²) in [4.78, 5) is 33.5. The van der Waals surface area contributed by atoms with Gasteiger partial charge in [-0.05, 0) is 91.4 Å². The Morgan fingerprint density at radius 3 is 2.73 bits per heavy atom. The zero-order valence-electron chi connectivity index (χ0n) is 32.7. The van der Waals surface area contributed by atoms with Crippen LogP contribution in [-0.4, -0.2) is 112 Å². The highest BCUT2D eigenvalue weighted by Gasteiger charge is 2.60. The number of rotatable bonds is 9. The van der Waals surface area contributed by atoms with Crippen LogP contribution in [0.4, 0.5) is 19.4 Å². The Bertz CT molecular complexity index is 2220. The number of methoxy groups -OCH3 is 1. The molecule has 14 heteroatoms. The van der Waals surface area contributed by atoms with Gasteiger partial charge in [-0.2, -0.15) is 9.97 Å². The third-order valence-electron chi connectivity index (χ3n) is 13.5. The van der Waals surface area contributed by atoms with Crippen molar-refractivity contribution in [2.24, 2.45) is 5.41 Å².